The maximum absolute atomic E-state index is 5.69. The van der Waals surface area contributed by atoms with Crippen LogP contribution in [-0.4, -0.2) is 15.1 Å². The van der Waals surface area contributed by atoms with E-state index in [1.807, 2.05) is 12.3 Å². The summed E-state index contributed by atoms with van der Waals surface area (Å²) in [6, 6.07) is -0.0576. The topological polar surface area (TPSA) is 77.8 Å². The Balaban J connectivity index is 2.33. The SMILES string of the molecule is Cc1noc(-c2csc(C(C)N)n2)n1. The first-order valence-electron chi connectivity index (χ1n) is 4.18. The first-order valence-corrected chi connectivity index (χ1v) is 5.06. The summed E-state index contributed by atoms with van der Waals surface area (Å²) in [6.45, 7) is 3.66. The van der Waals surface area contributed by atoms with Crippen molar-refractivity contribution in [2.75, 3.05) is 0 Å². The molecule has 0 saturated carbocycles. The molecule has 0 aliphatic heterocycles. The summed E-state index contributed by atoms with van der Waals surface area (Å²) in [5.41, 5.74) is 6.39. The van der Waals surface area contributed by atoms with Gasteiger partial charge in [0.1, 0.15) is 10.7 Å². The summed E-state index contributed by atoms with van der Waals surface area (Å²) >= 11 is 1.50. The van der Waals surface area contributed by atoms with E-state index in [1.54, 1.807) is 6.92 Å². The van der Waals surface area contributed by atoms with E-state index in [9.17, 15) is 0 Å². The summed E-state index contributed by atoms with van der Waals surface area (Å²) in [7, 11) is 0. The van der Waals surface area contributed by atoms with Gasteiger partial charge in [-0.05, 0) is 13.8 Å². The van der Waals surface area contributed by atoms with Gasteiger partial charge >= 0.3 is 0 Å². The number of nitrogens with zero attached hydrogens (tertiary/aromatic N) is 3. The van der Waals surface area contributed by atoms with Gasteiger partial charge in [0, 0.05) is 5.38 Å². The molecule has 2 heterocycles. The molecule has 0 fully saturated rings. The van der Waals surface area contributed by atoms with Crippen molar-refractivity contribution in [3.8, 4) is 11.6 Å². The lowest BCUT2D eigenvalue weighted by Gasteiger charge is -1.95. The number of thiazole rings is 1. The van der Waals surface area contributed by atoms with Gasteiger partial charge in [-0.1, -0.05) is 5.16 Å². The molecule has 74 valence electrons. The van der Waals surface area contributed by atoms with Crippen molar-refractivity contribution in [1.82, 2.24) is 15.1 Å². The maximum atomic E-state index is 5.69. The molecular formula is C8H10N4OS. The molecule has 14 heavy (non-hydrogen) atoms. The van der Waals surface area contributed by atoms with Crippen LogP contribution in [0.25, 0.3) is 11.6 Å². The highest BCUT2D eigenvalue weighted by Gasteiger charge is 2.12. The number of aromatic nitrogens is 3. The van der Waals surface area contributed by atoms with E-state index in [-0.39, 0.29) is 6.04 Å². The van der Waals surface area contributed by atoms with Crippen LogP contribution in [0.4, 0.5) is 0 Å². The fourth-order valence-corrected chi connectivity index (χ4v) is 1.75. The van der Waals surface area contributed by atoms with Crippen LogP contribution >= 0.6 is 11.3 Å². The molecule has 0 spiro atoms. The summed E-state index contributed by atoms with van der Waals surface area (Å²) < 4.78 is 4.99. The molecule has 2 aromatic rings. The smallest absolute Gasteiger partial charge is 0.277 e. The molecule has 1 unspecified atom stereocenters. The zero-order valence-corrected chi connectivity index (χ0v) is 8.71. The normalized spacial score (nSPS) is 13.1. The van der Waals surface area contributed by atoms with Gasteiger partial charge in [0.05, 0.1) is 6.04 Å². The number of hydrogen-bond acceptors (Lipinski definition) is 6. The number of aryl methyl sites for hydroxylation is 1. The van der Waals surface area contributed by atoms with Crippen molar-refractivity contribution < 1.29 is 4.52 Å². The number of rotatable bonds is 2. The van der Waals surface area contributed by atoms with E-state index in [2.05, 4.69) is 15.1 Å². The molecule has 2 aromatic heterocycles. The van der Waals surface area contributed by atoms with Crippen LogP contribution in [0.1, 0.15) is 23.8 Å². The van der Waals surface area contributed by atoms with E-state index in [4.69, 9.17) is 10.3 Å². The van der Waals surface area contributed by atoms with Crippen LogP contribution in [0.2, 0.25) is 0 Å². The van der Waals surface area contributed by atoms with Gasteiger partial charge in [0.15, 0.2) is 5.82 Å². The van der Waals surface area contributed by atoms with Gasteiger partial charge in [-0.3, -0.25) is 0 Å². The van der Waals surface area contributed by atoms with E-state index in [1.165, 1.54) is 11.3 Å². The highest BCUT2D eigenvalue weighted by atomic mass is 32.1. The van der Waals surface area contributed by atoms with Crippen LogP contribution in [-0.2, 0) is 0 Å². The predicted molar refractivity (Wildman–Crippen MR) is 52.7 cm³/mol. The molecule has 0 aliphatic rings. The van der Waals surface area contributed by atoms with Gasteiger partial charge in [0.2, 0.25) is 0 Å². The second-order valence-corrected chi connectivity index (χ2v) is 3.90. The molecule has 5 nitrogen and oxygen atoms in total. The highest BCUT2D eigenvalue weighted by molar-refractivity contribution is 7.10. The minimum Gasteiger partial charge on any atom is -0.332 e. The molecule has 0 radical (unpaired) electrons. The summed E-state index contributed by atoms with van der Waals surface area (Å²) in [4.78, 5) is 8.37. The molecule has 2 rings (SSSR count). The molecular weight excluding hydrogens is 200 g/mol. The summed E-state index contributed by atoms with van der Waals surface area (Å²) in [6.07, 6.45) is 0. The maximum Gasteiger partial charge on any atom is 0.277 e. The largest absolute Gasteiger partial charge is 0.332 e. The van der Waals surface area contributed by atoms with Crippen LogP contribution in [0.15, 0.2) is 9.90 Å². The molecule has 0 bridgehead atoms. The van der Waals surface area contributed by atoms with Crippen molar-refractivity contribution in [2.45, 2.75) is 19.9 Å². The van der Waals surface area contributed by atoms with Crippen molar-refractivity contribution in [3.63, 3.8) is 0 Å². The summed E-state index contributed by atoms with van der Waals surface area (Å²) in [5.74, 6) is 1.06. The number of hydrogen-bond donors (Lipinski definition) is 1. The van der Waals surface area contributed by atoms with Crippen LogP contribution in [0.5, 0.6) is 0 Å². The van der Waals surface area contributed by atoms with Crippen LogP contribution in [0.3, 0.4) is 0 Å². The zero-order valence-electron chi connectivity index (χ0n) is 7.89. The second kappa shape index (κ2) is 3.47. The third-order valence-corrected chi connectivity index (χ3v) is 2.70. The molecule has 0 saturated heterocycles. The Morgan fingerprint density at radius 3 is 2.79 bits per heavy atom. The average Bonchev–Trinajstić information content (AvgIpc) is 2.70. The third kappa shape index (κ3) is 1.66. The highest BCUT2D eigenvalue weighted by Crippen LogP contribution is 2.22. The van der Waals surface area contributed by atoms with Gasteiger partial charge in [-0.15, -0.1) is 11.3 Å². The van der Waals surface area contributed by atoms with Crippen LogP contribution in [0, 0.1) is 6.92 Å². The fourth-order valence-electron chi connectivity index (χ4n) is 0.996. The molecule has 6 heteroatoms. The van der Waals surface area contributed by atoms with Crippen molar-refractivity contribution in [2.24, 2.45) is 5.73 Å². The molecule has 0 amide bonds. The first-order chi connectivity index (χ1) is 6.66. The van der Waals surface area contributed by atoms with E-state index >= 15 is 0 Å². The monoisotopic (exact) mass is 210 g/mol. The Hall–Kier alpha value is -1.27. The first kappa shape index (κ1) is 9.29. The van der Waals surface area contributed by atoms with Gasteiger partial charge in [-0.2, -0.15) is 4.98 Å². The summed E-state index contributed by atoms with van der Waals surface area (Å²) in [5, 5.41) is 6.43. The molecule has 1 atom stereocenters. The van der Waals surface area contributed by atoms with Gasteiger partial charge < -0.3 is 10.3 Å². The van der Waals surface area contributed by atoms with Gasteiger partial charge in [-0.25, -0.2) is 4.98 Å². The lowest BCUT2D eigenvalue weighted by Crippen LogP contribution is -2.03. The zero-order chi connectivity index (χ0) is 10.1. The van der Waals surface area contributed by atoms with Crippen molar-refractivity contribution >= 4 is 11.3 Å². The van der Waals surface area contributed by atoms with Crippen molar-refractivity contribution in [3.05, 3.63) is 16.2 Å². The average molecular weight is 210 g/mol. The lowest BCUT2D eigenvalue weighted by molar-refractivity contribution is 0.424. The molecule has 0 aromatic carbocycles. The third-order valence-electron chi connectivity index (χ3n) is 1.66. The second-order valence-electron chi connectivity index (χ2n) is 3.01. The minimum atomic E-state index is -0.0576. The predicted octanol–water partition coefficient (Wildman–Crippen LogP) is 1.52. The van der Waals surface area contributed by atoms with Crippen LogP contribution < -0.4 is 5.73 Å². The lowest BCUT2D eigenvalue weighted by atomic mass is 10.4. The Morgan fingerprint density at radius 2 is 2.29 bits per heavy atom. The standard InChI is InChI=1S/C8H10N4OS/c1-4(9)8-11-6(3-14-8)7-10-5(2)12-13-7/h3-4H,9H2,1-2H3. The fraction of sp³-hybridized carbons (Fsp3) is 0.375. The minimum absolute atomic E-state index is 0.0576. The van der Waals surface area contributed by atoms with E-state index < -0.39 is 0 Å². The number of nitrogens with two attached hydrogens (primary N) is 1. The molecule has 0 aliphatic carbocycles. The Kier molecular flexibility index (Phi) is 2.30. The Labute approximate surface area is 85.0 Å². The van der Waals surface area contributed by atoms with Gasteiger partial charge in [0.25, 0.3) is 5.89 Å². The quantitative estimate of drug-likeness (QED) is 0.813. The van der Waals surface area contributed by atoms with Crippen molar-refractivity contribution in [1.29, 1.82) is 0 Å². The van der Waals surface area contributed by atoms with E-state index in [0.29, 0.717) is 17.4 Å². The Morgan fingerprint density at radius 1 is 1.50 bits per heavy atom. The van der Waals surface area contributed by atoms with E-state index in [0.717, 1.165) is 5.01 Å². The Bertz CT molecular complexity index is 434. The molecule has 2 N–H and O–H groups in total.